The lowest BCUT2D eigenvalue weighted by Crippen LogP contribution is -2.63. The number of hydrogen-bond acceptors (Lipinski definition) is 2. The lowest BCUT2D eigenvalue weighted by atomic mass is 9.97. The number of nitrogens with one attached hydrogen (secondary N) is 2. The summed E-state index contributed by atoms with van der Waals surface area (Å²) < 4.78 is 0. The van der Waals surface area contributed by atoms with E-state index in [2.05, 4.69) is 10.3 Å². The molecule has 20 heavy (non-hydrogen) atoms. The predicted octanol–water partition coefficient (Wildman–Crippen LogP) is 1.52. The third kappa shape index (κ3) is 1.86. The Balaban J connectivity index is 1.96. The van der Waals surface area contributed by atoms with Crippen molar-refractivity contribution in [2.45, 2.75) is 19.4 Å². The molecule has 0 atom stereocenters. The summed E-state index contributed by atoms with van der Waals surface area (Å²) in [6, 6.07) is 7.51. The van der Waals surface area contributed by atoms with Gasteiger partial charge in [-0.1, -0.05) is 6.07 Å². The Kier molecular flexibility index (Phi) is 2.78. The fourth-order valence-electron chi connectivity index (χ4n) is 2.59. The molecule has 3 rings (SSSR count). The fourth-order valence-corrected chi connectivity index (χ4v) is 2.59. The van der Waals surface area contributed by atoms with Gasteiger partial charge >= 0.3 is 0 Å². The molecule has 2 aromatic rings. The molecule has 5 nitrogen and oxygen atoms in total. The van der Waals surface area contributed by atoms with Crippen LogP contribution in [0.1, 0.15) is 24.2 Å². The first-order valence-electron chi connectivity index (χ1n) is 6.67. The van der Waals surface area contributed by atoms with Crippen LogP contribution in [0, 0.1) is 0 Å². The van der Waals surface area contributed by atoms with Crippen molar-refractivity contribution in [2.75, 3.05) is 13.1 Å². The molecule has 1 aromatic carbocycles. The highest BCUT2D eigenvalue weighted by atomic mass is 16.2. The van der Waals surface area contributed by atoms with Crippen LogP contribution in [0.5, 0.6) is 0 Å². The van der Waals surface area contributed by atoms with Crippen molar-refractivity contribution in [3.63, 3.8) is 0 Å². The van der Waals surface area contributed by atoms with Gasteiger partial charge in [-0.2, -0.15) is 0 Å². The number of amides is 2. The number of rotatable bonds is 1. The zero-order chi connectivity index (χ0) is 14.3. The maximum Gasteiger partial charge on any atom is 0.254 e. The molecular formula is C15H17N3O2. The van der Waals surface area contributed by atoms with Crippen LogP contribution in [-0.2, 0) is 4.79 Å². The van der Waals surface area contributed by atoms with Gasteiger partial charge in [-0.15, -0.1) is 0 Å². The number of carbonyl (C=O) groups is 2. The largest absolute Gasteiger partial charge is 0.361 e. The molecular weight excluding hydrogens is 254 g/mol. The number of fused-ring (bicyclic) bond motifs is 1. The molecule has 2 heterocycles. The number of piperazine rings is 1. The summed E-state index contributed by atoms with van der Waals surface area (Å²) in [5.74, 6) is -0.223. The third-order valence-corrected chi connectivity index (χ3v) is 3.90. The highest BCUT2D eigenvalue weighted by molar-refractivity contribution is 6.01. The minimum Gasteiger partial charge on any atom is -0.361 e. The lowest BCUT2D eigenvalue weighted by molar-refractivity contribution is -0.133. The summed E-state index contributed by atoms with van der Waals surface area (Å²) in [6.45, 7) is 4.57. The molecule has 2 amide bonds. The smallest absolute Gasteiger partial charge is 0.254 e. The first-order chi connectivity index (χ1) is 9.50. The first kappa shape index (κ1) is 12.7. The molecule has 0 unspecified atom stereocenters. The maximum atomic E-state index is 12.7. The van der Waals surface area contributed by atoms with Crippen LogP contribution in [0.3, 0.4) is 0 Å². The van der Waals surface area contributed by atoms with E-state index in [0.717, 1.165) is 10.9 Å². The second-order valence-electron chi connectivity index (χ2n) is 5.55. The zero-order valence-corrected chi connectivity index (χ0v) is 11.6. The average Bonchev–Trinajstić information content (AvgIpc) is 2.88. The number of aromatic nitrogens is 1. The van der Waals surface area contributed by atoms with Gasteiger partial charge in [0.1, 0.15) is 5.54 Å². The Morgan fingerprint density at radius 3 is 2.90 bits per heavy atom. The van der Waals surface area contributed by atoms with E-state index in [1.54, 1.807) is 24.8 Å². The van der Waals surface area contributed by atoms with Gasteiger partial charge in [-0.25, -0.2) is 0 Å². The number of benzene rings is 1. The quantitative estimate of drug-likeness (QED) is 0.826. The second-order valence-corrected chi connectivity index (χ2v) is 5.55. The summed E-state index contributed by atoms with van der Waals surface area (Å²) >= 11 is 0. The Morgan fingerprint density at radius 1 is 1.30 bits per heavy atom. The Bertz CT molecular complexity index is 687. The van der Waals surface area contributed by atoms with Crippen molar-refractivity contribution in [1.82, 2.24) is 15.2 Å². The fraction of sp³-hybridized carbons (Fsp3) is 0.333. The van der Waals surface area contributed by atoms with Crippen molar-refractivity contribution in [3.05, 3.63) is 36.0 Å². The van der Waals surface area contributed by atoms with Gasteiger partial charge in [0, 0.05) is 30.4 Å². The standard InChI is InChI=1S/C15H17N3O2/c1-15(2)14(20)17-7-8-18(15)13(19)11-4-3-10-5-6-16-12(10)9-11/h3-6,9,16H,7-8H2,1-2H3,(H,17,20). The third-order valence-electron chi connectivity index (χ3n) is 3.90. The van der Waals surface area contributed by atoms with E-state index < -0.39 is 5.54 Å². The molecule has 0 aliphatic carbocycles. The van der Waals surface area contributed by atoms with Crippen molar-refractivity contribution in [3.8, 4) is 0 Å². The molecule has 2 N–H and O–H groups in total. The number of carbonyl (C=O) groups excluding carboxylic acids is 2. The van der Waals surface area contributed by atoms with Crippen LogP contribution in [0.15, 0.2) is 30.5 Å². The molecule has 0 radical (unpaired) electrons. The second kappa shape index (κ2) is 4.37. The Morgan fingerprint density at radius 2 is 2.10 bits per heavy atom. The monoisotopic (exact) mass is 271 g/mol. The Hall–Kier alpha value is -2.30. The lowest BCUT2D eigenvalue weighted by Gasteiger charge is -2.41. The highest BCUT2D eigenvalue weighted by Gasteiger charge is 2.40. The van der Waals surface area contributed by atoms with Crippen LogP contribution in [-0.4, -0.2) is 40.3 Å². The van der Waals surface area contributed by atoms with E-state index in [1.807, 2.05) is 24.4 Å². The summed E-state index contributed by atoms with van der Waals surface area (Å²) in [6.07, 6.45) is 1.84. The van der Waals surface area contributed by atoms with Gasteiger partial charge in [-0.3, -0.25) is 9.59 Å². The summed E-state index contributed by atoms with van der Waals surface area (Å²) in [7, 11) is 0. The van der Waals surface area contributed by atoms with E-state index >= 15 is 0 Å². The van der Waals surface area contributed by atoms with Crippen LogP contribution >= 0.6 is 0 Å². The Labute approximate surface area is 117 Å². The van der Waals surface area contributed by atoms with E-state index in [4.69, 9.17) is 0 Å². The molecule has 0 saturated carbocycles. The van der Waals surface area contributed by atoms with E-state index in [9.17, 15) is 9.59 Å². The number of aromatic amines is 1. The predicted molar refractivity (Wildman–Crippen MR) is 76.4 cm³/mol. The van der Waals surface area contributed by atoms with Crippen LogP contribution in [0.2, 0.25) is 0 Å². The van der Waals surface area contributed by atoms with Gasteiger partial charge in [0.25, 0.3) is 5.91 Å². The first-order valence-corrected chi connectivity index (χ1v) is 6.67. The number of H-pyrrole nitrogens is 1. The molecule has 1 fully saturated rings. The number of nitrogens with zero attached hydrogens (tertiary/aromatic N) is 1. The van der Waals surface area contributed by atoms with Gasteiger partial charge < -0.3 is 15.2 Å². The maximum absolute atomic E-state index is 12.7. The van der Waals surface area contributed by atoms with Crippen molar-refractivity contribution >= 4 is 22.7 Å². The summed E-state index contributed by atoms with van der Waals surface area (Å²) in [5, 5.41) is 3.86. The summed E-state index contributed by atoms with van der Waals surface area (Å²) in [5.41, 5.74) is 0.706. The molecule has 1 aliphatic heterocycles. The van der Waals surface area contributed by atoms with Crippen LogP contribution < -0.4 is 5.32 Å². The van der Waals surface area contributed by atoms with Crippen molar-refractivity contribution in [2.24, 2.45) is 0 Å². The minimum absolute atomic E-state index is 0.110. The van der Waals surface area contributed by atoms with Crippen LogP contribution in [0.25, 0.3) is 10.9 Å². The van der Waals surface area contributed by atoms with E-state index in [-0.39, 0.29) is 11.8 Å². The van der Waals surface area contributed by atoms with E-state index in [1.165, 1.54) is 0 Å². The SMILES string of the molecule is CC1(C)C(=O)NCCN1C(=O)c1ccc2cc[nH]c2c1. The number of hydrogen-bond donors (Lipinski definition) is 2. The summed E-state index contributed by atoms with van der Waals surface area (Å²) in [4.78, 5) is 29.3. The molecule has 1 aromatic heterocycles. The zero-order valence-electron chi connectivity index (χ0n) is 11.6. The van der Waals surface area contributed by atoms with Crippen LogP contribution in [0.4, 0.5) is 0 Å². The van der Waals surface area contributed by atoms with Gasteiger partial charge in [0.15, 0.2) is 0 Å². The minimum atomic E-state index is -0.819. The molecule has 1 aliphatic rings. The highest BCUT2D eigenvalue weighted by Crippen LogP contribution is 2.22. The normalized spacial score (nSPS) is 18.1. The van der Waals surface area contributed by atoms with Gasteiger partial charge in [0.05, 0.1) is 0 Å². The van der Waals surface area contributed by atoms with E-state index in [0.29, 0.717) is 18.7 Å². The molecule has 1 saturated heterocycles. The molecule has 0 spiro atoms. The van der Waals surface area contributed by atoms with Gasteiger partial charge in [0.2, 0.25) is 5.91 Å². The molecule has 0 bridgehead atoms. The van der Waals surface area contributed by atoms with Crippen molar-refractivity contribution < 1.29 is 9.59 Å². The topological polar surface area (TPSA) is 65.2 Å². The molecule has 104 valence electrons. The van der Waals surface area contributed by atoms with Crippen molar-refractivity contribution in [1.29, 1.82) is 0 Å². The van der Waals surface area contributed by atoms with Gasteiger partial charge in [-0.05, 0) is 37.4 Å². The average molecular weight is 271 g/mol. The molecule has 5 heteroatoms.